The molecule has 0 heterocycles. The summed E-state index contributed by atoms with van der Waals surface area (Å²) in [6.07, 6.45) is 0.775. The fraction of sp³-hybridized carbons (Fsp3) is 0.417. The van der Waals surface area contributed by atoms with E-state index in [0.29, 0.717) is 24.7 Å². The van der Waals surface area contributed by atoms with Gasteiger partial charge in [0.15, 0.2) is 18.1 Å². The zero-order valence-electron chi connectivity index (χ0n) is 9.70. The summed E-state index contributed by atoms with van der Waals surface area (Å²) >= 11 is 3.41. The van der Waals surface area contributed by atoms with Gasteiger partial charge in [-0.15, -0.1) is 0 Å². The van der Waals surface area contributed by atoms with Crippen molar-refractivity contribution in [2.45, 2.75) is 13.3 Å². The molecule has 0 saturated carbocycles. The van der Waals surface area contributed by atoms with E-state index in [4.69, 9.17) is 20.5 Å². The van der Waals surface area contributed by atoms with Gasteiger partial charge in [-0.3, -0.25) is 0 Å². The Balaban J connectivity index is 3.04. The number of rotatable bonds is 6. The third-order valence-corrected chi connectivity index (χ3v) is 2.67. The molecule has 1 rings (SSSR count). The molecule has 1 aromatic carbocycles. The maximum atomic E-state index is 8.53. The maximum absolute atomic E-state index is 8.53. The summed E-state index contributed by atoms with van der Waals surface area (Å²) in [6.45, 7) is 3.02. The Labute approximate surface area is 109 Å². The van der Waals surface area contributed by atoms with Crippen LogP contribution in [0.1, 0.15) is 12.5 Å². The van der Waals surface area contributed by atoms with Crippen molar-refractivity contribution in [1.29, 1.82) is 5.26 Å². The van der Waals surface area contributed by atoms with E-state index in [-0.39, 0.29) is 6.61 Å². The third-order valence-electron chi connectivity index (χ3n) is 2.08. The zero-order chi connectivity index (χ0) is 12.7. The summed E-state index contributed by atoms with van der Waals surface area (Å²) in [4.78, 5) is 0. The number of nitrogens with zero attached hydrogens (tertiary/aromatic N) is 1. The average Bonchev–Trinajstić information content (AvgIpc) is 2.29. The molecule has 0 amide bonds. The molecule has 4 nitrogen and oxygen atoms in total. The van der Waals surface area contributed by atoms with Crippen molar-refractivity contribution in [2.24, 2.45) is 5.73 Å². The maximum Gasteiger partial charge on any atom is 0.176 e. The molecule has 0 radical (unpaired) electrons. The van der Waals surface area contributed by atoms with Gasteiger partial charge in [-0.05, 0) is 53.5 Å². The van der Waals surface area contributed by atoms with Crippen LogP contribution in [0.3, 0.4) is 0 Å². The first-order valence-electron chi connectivity index (χ1n) is 5.38. The Bertz CT molecular complexity index is 416. The second kappa shape index (κ2) is 7.15. The minimum absolute atomic E-state index is 0.00505. The van der Waals surface area contributed by atoms with Gasteiger partial charge < -0.3 is 15.2 Å². The molecular weight excluding hydrogens is 284 g/mol. The number of benzene rings is 1. The van der Waals surface area contributed by atoms with Crippen molar-refractivity contribution in [3.8, 4) is 17.6 Å². The van der Waals surface area contributed by atoms with Crippen LogP contribution < -0.4 is 15.2 Å². The Morgan fingerprint density at radius 3 is 2.76 bits per heavy atom. The van der Waals surface area contributed by atoms with Crippen LogP contribution in [0.25, 0.3) is 0 Å². The second-order valence-corrected chi connectivity index (χ2v) is 4.18. The van der Waals surface area contributed by atoms with Gasteiger partial charge in [0.05, 0.1) is 11.1 Å². The van der Waals surface area contributed by atoms with Gasteiger partial charge in [0.2, 0.25) is 0 Å². The quantitative estimate of drug-likeness (QED) is 0.874. The van der Waals surface area contributed by atoms with Crippen LogP contribution in [0.2, 0.25) is 0 Å². The fourth-order valence-corrected chi connectivity index (χ4v) is 2.04. The molecule has 0 atom stereocenters. The predicted octanol–water partition coefficient (Wildman–Crippen LogP) is 2.25. The number of halogens is 1. The normalized spacial score (nSPS) is 9.76. The highest BCUT2D eigenvalue weighted by Gasteiger charge is 2.11. The molecule has 0 unspecified atom stereocenters. The van der Waals surface area contributed by atoms with Gasteiger partial charge in [0.25, 0.3) is 0 Å². The van der Waals surface area contributed by atoms with Gasteiger partial charge in [-0.25, -0.2) is 0 Å². The molecule has 0 bridgehead atoms. The van der Waals surface area contributed by atoms with E-state index >= 15 is 0 Å². The molecule has 0 aromatic heterocycles. The van der Waals surface area contributed by atoms with Crippen molar-refractivity contribution in [3.63, 3.8) is 0 Å². The third kappa shape index (κ3) is 3.91. The molecule has 0 aliphatic rings. The molecule has 0 saturated heterocycles. The lowest BCUT2D eigenvalue weighted by molar-refractivity contribution is 0.297. The monoisotopic (exact) mass is 298 g/mol. The zero-order valence-corrected chi connectivity index (χ0v) is 11.3. The molecule has 0 aliphatic heterocycles. The van der Waals surface area contributed by atoms with Crippen LogP contribution in [0.5, 0.6) is 11.5 Å². The molecule has 17 heavy (non-hydrogen) atoms. The lowest BCUT2D eigenvalue weighted by atomic mass is 10.1. The smallest absolute Gasteiger partial charge is 0.176 e. The number of hydrogen-bond acceptors (Lipinski definition) is 4. The first-order valence-corrected chi connectivity index (χ1v) is 6.17. The van der Waals surface area contributed by atoms with Gasteiger partial charge in [0, 0.05) is 0 Å². The fourth-order valence-electron chi connectivity index (χ4n) is 1.44. The second-order valence-electron chi connectivity index (χ2n) is 3.32. The highest BCUT2D eigenvalue weighted by molar-refractivity contribution is 9.10. The SMILES string of the molecule is CCOc1cc(CCN)cc(Br)c1OCC#N. The van der Waals surface area contributed by atoms with E-state index in [1.54, 1.807) is 0 Å². The van der Waals surface area contributed by atoms with E-state index in [0.717, 1.165) is 16.5 Å². The Morgan fingerprint density at radius 1 is 1.41 bits per heavy atom. The van der Waals surface area contributed by atoms with Gasteiger partial charge in [0.1, 0.15) is 6.07 Å². The van der Waals surface area contributed by atoms with E-state index in [1.165, 1.54) is 0 Å². The van der Waals surface area contributed by atoms with Crippen LogP contribution in [-0.2, 0) is 6.42 Å². The Morgan fingerprint density at radius 2 is 2.18 bits per heavy atom. The molecule has 0 spiro atoms. The first kappa shape index (κ1) is 13.8. The lowest BCUT2D eigenvalue weighted by Crippen LogP contribution is -2.05. The molecular formula is C12H15BrN2O2. The molecule has 92 valence electrons. The van der Waals surface area contributed by atoms with Crippen molar-refractivity contribution < 1.29 is 9.47 Å². The molecule has 5 heteroatoms. The molecule has 0 fully saturated rings. The Kier molecular flexibility index (Phi) is 5.81. The van der Waals surface area contributed by atoms with Crippen molar-refractivity contribution in [1.82, 2.24) is 0 Å². The Hall–Kier alpha value is -1.25. The van der Waals surface area contributed by atoms with E-state index in [2.05, 4.69) is 15.9 Å². The van der Waals surface area contributed by atoms with Crippen LogP contribution in [0.4, 0.5) is 0 Å². The van der Waals surface area contributed by atoms with Crippen LogP contribution in [-0.4, -0.2) is 19.8 Å². The number of hydrogen-bond donors (Lipinski definition) is 1. The van der Waals surface area contributed by atoms with Crippen molar-refractivity contribution >= 4 is 15.9 Å². The number of nitrogens with two attached hydrogens (primary N) is 1. The van der Waals surface area contributed by atoms with Gasteiger partial charge in [-0.1, -0.05) is 0 Å². The molecule has 1 aromatic rings. The van der Waals surface area contributed by atoms with Crippen molar-refractivity contribution in [2.75, 3.05) is 19.8 Å². The summed E-state index contributed by atoms with van der Waals surface area (Å²) in [6, 6.07) is 5.76. The first-order chi connectivity index (χ1) is 8.22. The highest BCUT2D eigenvalue weighted by Crippen LogP contribution is 2.36. The van der Waals surface area contributed by atoms with Gasteiger partial charge >= 0.3 is 0 Å². The van der Waals surface area contributed by atoms with Gasteiger partial charge in [-0.2, -0.15) is 5.26 Å². The largest absolute Gasteiger partial charge is 0.490 e. The summed E-state index contributed by atoms with van der Waals surface area (Å²) < 4.78 is 11.6. The lowest BCUT2D eigenvalue weighted by Gasteiger charge is -2.13. The molecule has 2 N–H and O–H groups in total. The molecule has 0 aliphatic carbocycles. The minimum Gasteiger partial charge on any atom is -0.490 e. The highest BCUT2D eigenvalue weighted by atomic mass is 79.9. The minimum atomic E-state index is -0.00505. The van der Waals surface area contributed by atoms with E-state index in [9.17, 15) is 0 Å². The topological polar surface area (TPSA) is 68.3 Å². The van der Waals surface area contributed by atoms with Crippen LogP contribution in [0.15, 0.2) is 16.6 Å². The predicted molar refractivity (Wildman–Crippen MR) is 69.2 cm³/mol. The summed E-state index contributed by atoms with van der Waals surface area (Å²) in [5, 5.41) is 8.53. The van der Waals surface area contributed by atoms with Crippen molar-refractivity contribution in [3.05, 3.63) is 22.2 Å². The van der Waals surface area contributed by atoms with E-state index in [1.807, 2.05) is 25.1 Å². The average molecular weight is 299 g/mol. The van der Waals surface area contributed by atoms with Crippen LogP contribution in [0, 0.1) is 11.3 Å². The number of nitriles is 1. The standard InChI is InChI=1S/C12H15BrN2O2/c1-2-16-11-8-9(3-4-14)7-10(13)12(11)17-6-5-15/h7-8H,2-4,6,14H2,1H3. The summed E-state index contributed by atoms with van der Waals surface area (Å²) in [5.74, 6) is 1.20. The summed E-state index contributed by atoms with van der Waals surface area (Å²) in [7, 11) is 0. The van der Waals surface area contributed by atoms with E-state index < -0.39 is 0 Å². The summed E-state index contributed by atoms with van der Waals surface area (Å²) in [5.41, 5.74) is 6.60. The number of ether oxygens (including phenoxy) is 2. The van der Waals surface area contributed by atoms with Crippen LogP contribution >= 0.6 is 15.9 Å².